The minimum absolute atomic E-state index is 0.127. The van der Waals surface area contributed by atoms with Crippen LogP contribution < -0.4 is 0 Å². The number of nitrogens with zero attached hydrogens (tertiary/aromatic N) is 2. The Hall–Kier alpha value is -2.16. The predicted octanol–water partition coefficient (Wildman–Crippen LogP) is 3.56. The molecule has 1 heterocycles. The van der Waals surface area contributed by atoms with Crippen LogP contribution in [0, 0.1) is 0 Å². The van der Waals surface area contributed by atoms with Crippen LogP contribution >= 0.6 is 0 Å². The largest absolute Gasteiger partial charge is 0.289 e. The van der Waals surface area contributed by atoms with E-state index in [1.165, 1.54) is 6.42 Å². The Kier molecular flexibility index (Phi) is 3.27. The summed E-state index contributed by atoms with van der Waals surface area (Å²) in [6, 6.07) is 9.83. The molecule has 2 aromatic rings. The number of rotatable bonds is 3. The molecule has 1 aliphatic rings. The number of hydrogen-bond donors (Lipinski definition) is 0. The van der Waals surface area contributed by atoms with Crippen molar-refractivity contribution >= 4 is 5.78 Å². The van der Waals surface area contributed by atoms with E-state index in [1.807, 2.05) is 36.5 Å². The van der Waals surface area contributed by atoms with Crippen LogP contribution in [0.15, 0.2) is 54.4 Å². The van der Waals surface area contributed by atoms with Crippen LogP contribution in [0.2, 0.25) is 0 Å². The van der Waals surface area contributed by atoms with Gasteiger partial charge in [0, 0.05) is 6.20 Å². The van der Waals surface area contributed by atoms with Gasteiger partial charge in [0.25, 0.3) is 0 Å². The van der Waals surface area contributed by atoms with E-state index in [0.717, 1.165) is 30.5 Å². The van der Waals surface area contributed by atoms with Crippen molar-refractivity contribution in [2.45, 2.75) is 25.7 Å². The second-order valence-corrected chi connectivity index (χ2v) is 4.81. The van der Waals surface area contributed by atoms with Crippen LogP contribution in [-0.4, -0.2) is 15.6 Å². The highest BCUT2D eigenvalue weighted by Crippen LogP contribution is 2.21. The monoisotopic (exact) mass is 252 g/mol. The summed E-state index contributed by atoms with van der Waals surface area (Å²) in [4.78, 5) is 12.3. The first-order valence-electron chi connectivity index (χ1n) is 6.68. The van der Waals surface area contributed by atoms with Crippen molar-refractivity contribution in [2.24, 2.45) is 0 Å². The molecule has 96 valence electrons. The predicted molar refractivity (Wildman–Crippen MR) is 74.4 cm³/mol. The average Bonchev–Trinajstić information content (AvgIpc) is 2.98. The lowest BCUT2D eigenvalue weighted by Crippen LogP contribution is -2.05. The molecule has 0 atom stereocenters. The molecule has 3 nitrogen and oxygen atoms in total. The molecule has 0 radical (unpaired) electrons. The van der Waals surface area contributed by atoms with E-state index in [0.29, 0.717) is 5.56 Å². The van der Waals surface area contributed by atoms with Gasteiger partial charge in [0.1, 0.15) is 0 Å². The third-order valence-corrected chi connectivity index (χ3v) is 3.45. The van der Waals surface area contributed by atoms with Gasteiger partial charge < -0.3 is 0 Å². The van der Waals surface area contributed by atoms with E-state index in [-0.39, 0.29) is 5.78 Å². The second-order valence-electron chi connectivity index (χ2n) is 4.81. The molecular weight excluding hydrogens is 236 g/mol. The number of Topliss-reactive ketones (excluding diaryl/α,β-unsaturated/α-hetero) is 1. The van der Waals surface area contributed by atoms with Crippen molar-refractivity contribution in [3.05, 3.63) is 59.9 Å². The summed E-state index contributed by atoms with van der Waals surface area (Å²) in [7, 11) is 0. The number of ketones is 1. The van der Waals surface area contributed by atoms with Crippen LogP contribution in [0.4, 0.5) is 0 Å². The zero-order valence-electron chi connectivity index (χ0n) is 10.7. The minimum Gasteiger partial charge on any atom is -0.289 e. The summed E-state index contributed by atoms with van der Waals surface area (Å²) >= 11 is 0. The minimum atomic E-state index is 0.127. The van der Waals surface area contributed by atoms with Gasteiger partial charge in [0.05, 0.1) is 17.4 Å². The zero-order chi connectivity index (χ0) is 13.1. The molecule has 19 heavy (non-hydrogen) atoms. The number of carbonyl (C=O) groups excluding carboxylic acids is 1. The Bertz CT molecular complexity index is 611. The standard InChI is InChI=1S/C16H16N2O/c19-16(13-7-3-1-4-8-13)14-11-17-18(12-14)15-9-5-2-6-10-15/h2,5-7,9-12H,1,3-4,8H2. The molecule has 3 rings (SSSR count). The Labute approximate surface area is 112 Å². The number of aromatic nitrogens is 2. The fourth-order valence-corrected chi connectivity index (χ4v) is 2.39. The molecular formula is C16H16N2O. The van der Waals surface area contributed by atoms with Gasteiger partial charge in [0.15, 0.2) is 5.78 Å². The Morgan fingerprint density at radius 1 is 1.16 bits per heavy atom. The first-order valence-corrected chi connectivity index (χ1v) is 6.68. The zero-order valence-corrected chi connectivity index (χ0v) is 10.7. The van der Waals surface area contributed by atoms with E-state index in [9.17, 15) is 4.79 Å². The Morgan fingerprint density at radius 2 is 2.00 bits per heavy atom. The smallest absolute Gasteiger partial charge is 0.191 e. The first kappa shape index (κ1) is 11.9. The fourth-order valence-electron chi connectivity index (χ4n) is 2.39. The third kappa shape index (κ3) is 2.50. The van der Waals surface area contributed by atoms with Crippen molar-refractivity contribution in [3.8, 4) is 5.69 Å². The van der Waals surface area contributed by atoms with Gasteiger partial charge in [-0.3, -0.25) is 4.79 Å². The van der Waals surface area contributed by atoms with Gasteiger partial charge in [-0.15, -0.1) is 0 Å². The topological polar surface area (TPSA) is 34.9 Å². The number of carbonyl (C=O) groups is 1. The summed E-state index contributed by atoms with van der Waals surface area (Å²) in [6.45, 7) is 0. The Balaban J connectivity index is 1.85. The maximum Gasteiger partial charge on any atom is 0.191 e. The number of benzene rings is 1. The molecule has 0 fully saturated rings. The molecule has 1 aromatic heterocycles. The lowest BCUT2D eigenvalue weighted by molar-refractivity contribution is 0.102. The van der Waals surface area contributed by atoms with Crippen LogP contribution in [0.3, 0.4) is 0 Å². The van der Waals surface area contributed by atoms with Crippen molar-refractivity contribution in [3.63, 3.8) is 0 Å². The van der Waals surface area contributed by atoms with Crippen LogP contribution in [0.25, 0.3) is 5.69 Å². The van der Waals surface area contributed by atoms with Crippen LogP contribution in [-0.2, 0) is 0 Å². The van der Waals surface area contributed by atoms with E-state index in [1.54, 1.807) is 10.9 Å². The maximum absolute atomic E-state index is 12.3. The van der Waals surface area contributed by atoms with Crippen molar-refractivity contribution < 1.29 is 4.79 Å². The van der Waals surface area contributed by atoms with Crippen LogP contribution in [0.1, 0.15) is 36.0 Å². The number of allylic oxidation sites excluding steroid dienone is 2. The highest BCUT2D eigenvalue weighted by Gasteiger charge is 2.16. The van der Waals surface area contributed by atoms with Crippen molar-refractivity contribution in [1.29, 1.82) is 0 Å². The SMILES string of the molecule is O=C(C1=CCCCC1)c1cnn(-c2ccccc2)c1. The fraction of sp³-hybridized carbons (Fsp3) is 0.250. The van der Waals surface area contributed by atoms with Crippen LogP contribution in [0.5, 0.6) is 0 Å². The van der Waals surface area contributed by atoms with Gasteiger partial charge in [-0.1, -0.05) is 24.3 Å². The van der Waals surface area contributed by atoms with Crippen molar-refractivity contribution in [2.75, 3.05) is 0 Å². The summed E-state index contributed by atoms with van der Waals surface area (Å²) in [5.41, 5.74) is 2.59. The summed E-state index contributed by atoms with van der Waals surface area (Å²) in [5.74, 6) is 0.127. The Morgan fingerprint density at radius 3 is 2.74 bits per heavy atom. The van der Waals surface area contributed by atoms with Crippen molar-refractivity contribution in [1.82, 2.24) is 9.78 Å². The van der Waals surface area contributed by atoms with Gasteiger partial charge in [-0.05, 0) is 43.4 Å². The summed E-state index contributed by atoms with van der Waals surface area (Å²) in [6.07, 6.45) is 9.78. The molecule has 0 bridgehead atoms. The molecule has 0 amide bonds. The quantitative estimate of drug-likeness (QED) is 0.783. The van der Waals surface area contributed by atoms with Gasteiger partial charge in [0.2, 0.25) is 0 Å². The summed E-state index contributed by atoms with van der Waals surface area (Å²) < 4.78 is 1.75. The van der Waals surface area contributed by atoms with Gasteiger partial charge in [-0.25, -0.2) is 4.68 Å². The lowest BCUT2D eigenvalue weighted by Gasteiger charge is -2.10. The molecule has 0 unspecified atom stereocenters. The lowest BCUT2D eigenvalue weighted by atomic mass is 9.94. The molecule has 3 heteroatoms. The second kappa shape index (κ2) is 5.22. The number of hydrogen-bond acceptors (Lipinski definition) is 2. The molecule has 0 aliphatic heterocycles. The van der Waals surface area contributed by atoms with E-state index in [2.05, 4.69) is 11.2 Å². The molecule has 1 aliphatic carbocycles. The maximum atomic E-state index is 12.3. The van der Waals surface area contributed by atoms with E-state index < -0.39 is 0 Å². The van der Waals surface area contributed by atoms with E-state index >= 15 is 0 Å². The van der Waals surface area contributed by atoms with Gasteiger partial charge >= 0.3 is 0 Å². The first-order chi connectivity index (χ1) is 9.34. The molecule has 1 aromatic carbocycles. The normalized spacial score (nSPS) is 15.1. The molecule has 0 saturated heterocycles. The molecule has 0 saturated carbocycles. The highest BCUT2D eigenvalue weighted by molar-refractivity contribution is 6.08. The number of para-hydroxylation sites is 1. The summed E-state index contributed by atoms with van der Waals surface area (Å²) in [5, 5.41) is 4.27. The third-order valence-electron chi connectivity index (χ3n) is 3.45. The molecule has 0 N–H and O–H groups in total. The molecule has 0 spiro atoms. The average molecular weight is 252 g/mol. The highest BCUT2D eigenvalue weighted by atomic mass is 16.1. The van der Waals surface area contributed by atoms with Gasteiger partial charge in [-0.2, -0.15) is 5.10 Å². The van der Waals surface area contributed by atoms with E-state index in [4.69, 9.17) is 0 Å².